The van der Waals surface area contributed by atoms with Gasteiger partial charge in [-0.15, -0.1) is 11.8 Å². The molecule has 0 amide bonds. The fourth-order valence-electron chi connectivity index (χ4n) is 2.47. The third-order valence-electron chi connectivity index (χ3n) is 3.96. The molecule has 0 atom stereocenters. The van der Waals surface area contributed by atoms with E-state index in [0.29, 0.717) is 6.54 Å². The highest BCUT2D eigenvalue weighted by molar-refractivity contribution is 7.99. The van der Waals surface area contributed by atoms with Crippen LogP contribution in [0.15, 0.2) is 71.2 Å². The van der Waals surface area contributed by atoms with Gasteiger partial charge in [0.15, 0.2) is 5.96 Å². The van der Waals surface area contributed by atoms with Crippen LogP contribution >= 0.6 is 11.8 Å². The summed E-state index contributed by atoms with van der Waals surface area (Å²) in [5, 5.41) is 6.59. The second-order valence-corrected chi connectivity index (χ2v) is 7.17. The largest absolute Gasteiger partial charge is 0.356 e. The number of rotatable bonds is 8. The first-order valence-corrected chi connectivity index (χ1v) is 9.99. The first kappa shape index (κ1) is 19.9. The fraction of sp³-hybridized carbons (Fsp3) is 0.250. The normalized spacial score (nSPS) is 11.4. The smallest absolute Gasteiger partial charge is 0.191 e. The van der Waals surface area contributed by atoms with Crippen LogP contribution in [0.2, 0.25) is 0 Å². The first-order chi connectivity index (χ1) is 13.7. The van der Waals surface area contributed by atoms with Crippen molar-refractivity contribution < 1.29 is 4.39 Å². The van der Waals surface area contributed by atoms with E-state index in [2.05, 4.69) is 25.6 Å². The molecule has 0 aliphatic carbocycles. The van der Waals surface area contributed by atoms with Gasteiger partial charge in [0.2, 0.25) is 0 Å². The van der Waals surface area contributed by atoms with Crippen molar-refractivity contribution in [2.75, 3.05) is 19.3 Å². The van der Waals surface area contributed by atoms with Gasteiger partial charge in [-0.1, -0.05) is 6.07 Å². The molecule has 28 heavy (non-hydrogen) atoms. The number of imidazole rings is 1. The summed E-state index contributed by atoms with van der Waals surface area (Å²) >= 11 is 1.72. The second kappa shape index (κ2) is 10.5. The Labute approximate surface area is 168 Å². The molecule has 0 unspecified atom stereocenters. The molecule has 6 nitrogen and oxygen atoms in total. The van der Waals surface area contributed by atoms with Gasteiger partial charge in [0.05, 0.1) is 0 Å². The van der Waals surface area contributed by atoms with Crippen molar-refractivity contribution in [1.29, 1.82) is 0 Å². The molecule has 0 saturated carbocycles. The van der Waals surface area contributed by atoms with E-state index in [4.69, 9.17) is 0 Å². The molecule has 0 aliphatic rings. The summed E-state index contributed by atoms with van der Waals surface area (Å²) in [5.41, 5.74) is 1.07. The summed E-state index contributed by atoms with van der Waals surface area (Å²) in [6, 6.07) is 10.6. The van der Waals surface area contributed by atoms with E-state index in [0.717, 1.165) is 41.0 Å². The molecule has 146 valence electrons. The van der Waals surface area contributed by atoms with Crippen molar-refractivity contribution >= 4 is 17.7 Å². The van der Waals surface area contributed by atoms with Crippen molar-refractivity contribution in [3.8, 4) is 5.82 Å². The maximum absolute atomic E-state index is 12.9. The monoisotopic (exact) mass is 398 g/mol. The van der Waals surface area contributed by atoms with E-state index in [1.807, 2.05) is 29.1 Å². The van der Waals surface area contributed by atoms with Crippen LogP contribution in [0, 0.1) is 5.82 Å². The van der Waals surface area contributed by atoms with Crippen molar-refractivity contribution in [2.45, 2.75) is 17.9 Å². The van der Waals surface area contributed by atoms with E-state index in [1.165, 1.54) is 12.1 Å². The predicted octanol–water partition coefficient (Wildman–Crippen LogP) is 3.25. The standard InChI is InChI=1S/C20H23FN6S/c1-22-20(24-9-2-12-28-18-6-4-17(21)5-7-18)26-14-16-3-8-19(25-13-16)27-11-10-23-15-27/h3-8,10-11,13,15H,2,9,12,14H2,1H3,(H2,22,24,26). The van der Waals surface area contributed by atoms with Crippen molar-refractivity contribution in [3.05, 3.63) is 72.7 Å². The number of pyridine rings is 1. The number of nitrogens with zero attached hydrogens (tertiary/aromatic N) is 4. The van der Waals surface area contributed by atoms with Gasteiger partial charge in [-0.05, 0) is 48.1 Å². The van der Waals surface area contributed by atoms with E-state index < -0.39 is 0 Å². The Kier molecular flexibility index (Phi) is 7.43. The summed E-state index contributed by atoms with van der Waals surface area (Å²) in [4.78, 5) is 13.8. The summed E-state index contributed by atoms with van der Waals surface area (Å²) in [6.45, 7) is 1.45. The topological polar surface area (TPSA) is 67.1 Å². The predicted molar refractivity (Wildman–Crippen MR) is 111 cm³/mol. The lowest BCUT2D eigenvalue weighted by Crippen LogP contribution is -2.37. The number of hydrogen-bond acceptors (Lipinski definition) is 4. The van der Waals surface area contributed by atoms with Crippen LogP contribution in [0.5, 0.6) is 0 Å². The Morgan fingerprint density at radius 2 is 2.04 bits per heavy atom. The van der Waals surface area contributed by atoms with Gasteiger partial charge < -0.3 is 10.6 Å². The zero-order chi connectivity index (χ0) is 19.6. The van der Waals surface area contributed by atoms with Gasteiger partial charge in [-0.25, -0.2) is 14.4 Å². The summed E-state index contributed by atoms with van der Waals surface area (Å²) in [5.74, 6) is 2.34. The minimum absolute atomic E-state index is 0.201. The van der Waals surface area contributed by atoms with Crippen LogP contribution in [0.4, 0.5) is 4.39 Å². The maximum Gasteiger partial charge on any atom is 0.191 e. The van der Waals surface area contributed by atoms with Gasteiger partial charge in [-0.3, -0.25) is 9.56 Å². The van der Waals surface area contributed by atoms with Gasteiger partial charge in [0.25, 0.3) is 0 Å². The number of aromatic nitrogens is 3. The highest BCUT2D eigenvalue weighted by Crippen LogP contribution is 2.18. The van der Waals surface area contributed by atoms with Crippen LogP contribution < -0.4 is 10.6 Å². The van der Waals surface area contributed by atoms with Crippen molar-refractivity contribution in [3.63, 3.8) is 0 Å². The van der Waals surface area contributed by atoms with Crippen LogP contribution in [0.1, 0.15) is 12.0 Å². The lowest BCUT2D eigenvalue weighted by atomic mass is 10.3. The van der Waals surface area contributed by atoms with Crippen LogP contribution in [0.3, 0.4) is 0 Å². The van der Waals surface area contributed by atoms with Gasteiger partial charge >= 0.3 is 0 Å². The SMILES string of the molecule is CN=C(NCCCSc1ccc(F)cc1)NCc1ccc(-n2ccnc2)nc1. The number of benzene rings is 1. The Morgan fingerprint density at radius 3 is 2.71 bits per heavy atom. The molecule has 2 N–H and O–H groups in total. The van der Waals surface area contributed by atoms with Crippen LogP contribution in [-0.2, 0) is 6.54 Å². The summed E-state index contributed by atoms with van der Waals surface area (Å²) in [6.07, 6.45) is 8.13. The summed E-state index contributed by atoms with van der Waals surface area (Å²) in [7, 11) is 1.75. The number of aliphatic imine (C=N–C) groups is 1. The molecule has 3 aromatic rings. The molecule has 0 aliphatic heterocycles. The lowest BCUT2D eigenvalue weighted by Gasteiger charge is -2.12. The Bertz CT molecular complexity index is 863. The number of hydrogen-bond donors (Lipinski definition) is 2. The Balaban J connectivity index is 1.35. The van der Waals surface area contributed by atoms with E-state index in [1.54, 1.807) is 43.5 Å². The molecule has 2 heterocycles. The molecular formula is C20H23FN6S. The van der Waals surface area contributed by atoms with Crippen LogP contribution in [-0.4, -0.2) is 39.8 Å². The summed E-state index contributed by atoms with van der Waals surface area (Å²) < 4.78 is 14.8. The molecule has 0 saturated heterocycles. The lowest BCUT2D eigenvalue weighted by molar-refractivity contribution is 0.626. The van der Waals surface area contributed by atoms with Gasteiger partial charge in [-0.2, -0.15) is 0 Å². The average Bonchev–Trinajstić information content (AvgIpc) is 3.27. The van der Waals surface area contributed by atoms with E-state index in [-0.39, 0.29) is 5.82 Å². The van der Waals surface area contributed by atoms with Crippen molar-refractivity contribution in [2.24, 2.45) is 4.99 Å². The van der Waals surface area contributed by atoms with Gasteiger partial charge in [0.1, 0.15) is 18.0 Å². The second-order valence-electron chi connectivity index (χ2n) is 6.00. The fourth-order valence-corrected chi connectivity index (χ4v) is 3.33. The van der Waals surface area contributed by atoms with E-state index in [9.17, 15) is 4.39 Å². The zero-order valence-electron chi connectivity index (χ0n) is 15.7. The molecule has 1 aromatic carbocycles. The molecular weight excluding hydrogens is 375 g/mol. The maximum atomic E-state index is 12.9. The van der Waals surface area contributed by atoms with E-state index >= 15 is 0 Å². The highest BCUT2D eigenvalue weighted by atomic mass is 32.2. The van der Waals surface area contributed by atoms with Crippen LogP contribution in [0.25, 0.3) is 5.82 Å². The number of guanidine groups is 1. The number of nitrogens with one attached hydrogen (secondary N) is 2. The third-order valence-corrected chi connectivity index (χ3v) is 5.06. The van der Waals surface area contributed by atoms with Crippen molar-refractivity contribution in [1.82, 2.24) is 25.2 Å². The number of thioether (sulfide) groups is 1. The molecule has 0 radical (unpaired) electrons. The minimum Gasteiger partial charge on any atom is -0.356 e. The molecule has 2 aromatic heterocycles. The Hall–Kier alpha value is -2.87. The molecule has 0 spiro atoms. The first-order valence-electron chi connectivity index (χ1n) is 9.01. The minimum atomic E-state index is -0.201. The molecule has 0 bridgehead atoms. The quantitative estimate of drug-likeness (QED) is 0.264. The molecule has 0 fully saturated rings. The molecule has 3 rings (SSSR count). The Morgan fingerprint density at radius 1 is 1.18 bits per heavy atom. The number of halogens is 1. The zero-order valence-corrected chi connectivity index (χ0v) is 16.5. The average molecular weight is 399 g/mol. The highest BCUT2D eigenvalue weighted by Gasteiger charge is 2.01. The van der Waals surface area contributed by atoms with Gasteiger partial charge in [0, 0.05) is 43.6 Å². The molecule has 8 heteroatoms. The third kappa shape index (κ3) is 6.09.